The number of fused-ring (bicyclic) bond motifs is 1. The fourth-order valence-electron chi connectivity index (χ4n) is 4.23. The molecule has 8 heteroatoms. The van der Waals surface area contributed by atoms with Gasteiger partial charge in [-0.25, -0.2) is 0 Å². The number of nitrogens with one attached hydrogen (secondary N) is 1. The second-order valence-electron chi connectivity index (χ2n) is 8.22. The molecule has 0 radical (unpaired) electrons. The summed E-state index contributed by atoms with van der Waals surface area (Å²) in [6.45, 7) is 10.2. The Bertz CT molecular complexity index is 706. The van der Waals surface area contributed by atoms with Crippen LogP contribution in [0.15, 0.2) is 6.07 Å². The van der Waals surface area contributed by atoms with Crippen molar-refractivity contribution in [2.75, 3.05) is 45.8 Å². The Morgan fingerprint density at radius 1 is 1.11 bits per heavy atom. The van der Waals surface area contributed by atoms with Crippen molar-refractivity contribution in [3.05, 3.63) is 17.5 Å². The van der Waals surface area contributed by atoms with Gasteiger partial charge in [-0.15, -0.1) is 0 Å². The predicted octanol–water partition coefficient (Wildman–Crippen LogP) is 0.279. The number of carbonyl (C=O) groups is 2. The molecule has 0 unspecified atom stereocenters. The number of likely N-dealkylation sites (N-methyl/N-ethyl adjacent to an activating group) is 1. The largest absolute Gasteiger partial charge is 0.349 e. The second kappa shape index (κ2) is 8.61. The minimum Gasteiger partial charge on any atom is -0.349 e. The van der Waals surface area contributed by atoms with Gasteiger partial charge in [-0.05, 0) is 25.5 Å². The normalized spacial score (nSPS) is 21.2. The van der Waals surface area contributed by atoms with E-state index in [1.165, 1.54) is 6.42 Å². The molecule has 2 amide bonds. The van der Waals surface area contributed by atoms with Crippen LogP contribution < -0.4 is 5.32 Å². The van der Waals surface area contributed by atoms with Crippen molar-refractivity contribution in [1.29, 1.82) is 0 Å². The molecule has 3 aliphatic rings. The lowest BCUT2D eigenvalue weighted by Gasteiger charge is -2.34. The monoisotopic (exact) mass is 388 g/mol. The van der Waals surface area contributed by atoms with Crippen LogP contribution in [0.2, 0.25) is 0 Å². The highest BCUT2D eigenvalue weighted by molar-refractivity contribution is 5.79. The number of hydrogen-bond acceptors (Lipinski definition) is 5. The average Bonchev–Trinajstić information content (AvgIpc) is 3.07. The molecular formula is C20H32N6O2. The van der Waals surface area contributed by atoms with Crippen LogP contribution in [0.25, 0.3) is 0 Å². The van der Waals surface area contributed by atoms with E-state index in [1.54, 1.807) is 0 Å². The van der Waals surface area contributed by atoms with Crippen LogP contribution in [0.4, 0.5) is 0 Å². The molecular weight excluding hydrogens is 356 g/mol. The lowest BCUT2D eigenvalue weighted by molar-refractivity contribution is -0.139. The molecule has 1 aliphatic carbocycles. The first-order valence-electron chi connectivity index (χ1n) is 10.7. The number of carbonyl (C=O) groups excluding carboxylic acids is 2. The third-order valence-corrected chi connectivity index (χ3v) is 6.36. The van der Waals surface area contributed by atoms with Gasteiger partial charge in [-0.2, -0.15) is 5.10 Å². The molecule has 1 aromatic heterocycles. The zero-order valence-electron chi connectivity index (χ0n) is 16.9. The van der Waals surface area contributed by atoms with Gasteiger partial charge in [0.2, 0.25) is 11.8 Å². The van der Waals surface area contributed by atoms with Gasteiger partial charge in [0.1, 0.15) is 0 Å². The van der Waals surface area contributed by atoms with Gasteiger partial charge in [0.25, 0.3) is 0 Å². The van der Waals surface area contributed by atoms with E-state index in [9.17, 15) is 9.59 Å². The summed E-state index contributed by atoms with van der Waals surface area (Å²) < 4.78 is 1.98. The summed E-state index contributed by atoms with van der Waals surface area (Å²) in [5.74, 6) is 0.599. The molecule has 8 nitrogen and oxygen atoms in total. The molecule has 28 heavy (non-hydrogen) atoms. The molecule has 0 bridgehead atoms. The van der Waals surface area contributed by atoms with E-state index in [2.05, 4.69) is 27.1 Å². The van der Waals surface area contributed by atoms with E-state index < -0.39 is 0 Å². The summed E-state index contributed by atoms with van der Waals surface area (Å²) in [4.78, 5) is 31.3. The Hall–Kier alpha value is -1.93. The zero-order valence-corrected chi connectivity index (χ0v) is 16.9. The van der Waals surface area contributed by atoms with Crippen LogP contribution in [0.5, 0.6) is 0 Å². The van der Waals surface area contributed by atoms with Crippen LogP contribution in [-0.2, 0) is 29.2 Å². The van der Waals surface area contributed by atoms with Gasteiger partial charge >= 0.3 is 0 Å². The van der Waals surface area contributed by atoms with Crippen LogP contribution in [0.1, 0.15) is 37.6 Å². The lowest BCUT2D eigenvalue weighted by Crippen LogP contribution is -2.49. The number of aromatic nitrogens is 2. The number of piperazine rings is 1. The highest BCUT2D eigenvalue weighted by Gasteiger charge is 2.31. The summed E-state index contributed by atoms with van der Waals surface area (Å²) in [5, 5.41) is 7.61. The Balaban J connectivity index is 1.23. The maximum absolute atomic E-state index is 12.5. The van der Waals surface area contributed by atoms with Crippen LogP contribution in [0.3, 0.4) is 0 Å². The molecule has 1 N–H and O–H groups in total. The average molecular weight is 389 g/mol. The highest BCUT2D eigenvalue weighted by atomic mass is 16.2. The maximum Gasteiger partial charge on any atom is 0.234 e. The Labute approximate surface area is 166 Å². The molecule has 3 heterocycles. The van der Waals surface area contributed by atoms with Crippen molar-refractivity contribution < 1.29 is 9.59 Å². The van der Waals surface area contributed by atoms with Gasteiger partial charge in [0.05, 0.1) is 37.6 Å². The van der Waals surface area contributed by atoms with Gasteiger partial charge < -0.3 is 15.1 Å². The summed E-state index contributed by atoms with van der Waals surface area (Å²) in [6.07, 6.45) is 3.26. The molecule has 0 spiro atoms. The van der Waals surface area contributed by atoms with Crippen molar-refractivity contribution in [3.63, 3.8) is 0 Å². The second-order valence-corrected chi connectivity index (χ2v) is 8.22. The summed E-state index contributed by atoms with van der Waals surface area (Å²) in [7, 11) is 0. The summed E-state index contributed by atoms with van der Waals surface area (Å²) in [5.41, 5.74) is 1.94. The van der Waals surface area contributed by atoms with Crippen molar-refractivity contribution >= 4 is 11.8 Å². The quantitative estimate of drug-likeness (QED) is 0.758. The Morgan fingerprint density at radius 2 is 1.86 bits per heavy atom. The molecule has 2 fully saturated rings. The number of nitrogens with zero attached hydrogens (tertiary/aromatic N) is 5. The first kappa shape index (κ1) is 19.4. The lowest BCUT2D eigenvalue weighted by atomic mass is 9.84. The standard InChI is InChI=1S/C20H32N6O2/c1-2-23-6-8-24(9-7-23)15-19(27)21-13-17-12-18-14-25(10-11-26(18)22-17)20(28)16-4-3-5-16/h12,16H,2-11,13-15H2,1H3,(H,21,27). The molecule has 0 atom stereocenters. The van der Waals surface area contributed by atoms with E-state index >= 15 is 0 Å². The fraction of sp³-hybridized carbons (Fsp3) is 0.750. The van der Waals surface area contributed by atoms with E-state index in [0.717, 1.165) is 70.0 Å². The van der Waals surface area contributed by atoms with E-state index in [0.29, 0.717) is 25.5 Å². The van der Waals surface area contributed by atoms with Gasteiger partial charge in [0, 0.05) is 38.6 Å². The summed E-state index contributed by atoms with van der Waals surface area (Å²) in [6, 6.07) is 2.03. The van der Waals surface area contributed by atoms with E-state index in [1.807, 2.05) is 15.6 Å². The first-order chi connectivity index (χ1) is 13.6. The van der Waals surface area contributed by atoms with Crippen molar-refractivity contribution in [1.82, 2.24) is 29.8 Å². The van der Waals surface area contributed by atoms with Crippen LogP contribution in [-0.4, -0.2) is 82.1 Å². The van der Waals surface area contributed by atoms with E-state index in [-0.39, 0.29) is 11.8 Å². The maximum atomic E-state index is 12.5. The third kappa shape index (κ3) is 4.38. The summed E-state index contributed by atoms with van der Waals surface area (Å²) >= 11 is 0. The van der Waals surface area contributed by atoms with Crippen LogP contribution >= 0.6 is 0 Å². The van der Waals surface area contributed by atoms with Gasteiger partial charge in [-0.3, -0.25) is 19.2 Å². The van der Waals surface area contributed by atoms with Crippen LogP contribution in [0, 0.1) is 5.92 Å². The predicted molar refractivity (Wildman–Crippen MR) is 105 cm³/mol. The molecule has 4 rings (SSSR count). The third-order valence-electron chi connectivity index (χ3n) is 6.36. The van der Waals surface area contributed by atoms with Crippen molar-refractivity contribution in [2.24, 2.45) is 5.92 Å². The Kier molecular flexibility index (Phi) is 5.96. The number of hydrogen-bond donors (Lipinski definition) is 1. The molecule has 0 aromatic carbocycles. The van der Waals surface area contributed by atoms with E-state index in [4.69, 9.17) is 0 Å². The van der Waals surface area contributed by atoms with Gasteiger partial charge in [-0.1, -0.05) is 13.3 Å². The molecule has 1 aromatic rings. The topological polar surface area (TPSA) is 73.7 Å². The Morgan fingerprint density at radius 3 is 2.54 bits per heavy atom. The molecule has 154 valence electrons. The number of amides is 2. The van der Waals surface area contributed by atoms with Crippen molar-refractivity contribution in [2.45, 2.75) is 45.8 Å². The molecule has 2 aliphatic heterocycles. The smallest absolute Gasteiger partial charge is 0.234 e. The molecule has 1 saturated heterocycles. The SMILES string of the molecule is CCN1CCN(CC(=O)NCc2cc3n(n2)CCN(C(=O)C2CCC2)C3)CC1. The van der Waals surface area contributed by atoms with Gasteiger partial charge in [0.15, 0.2) is 0 Å². The minimum atomic E-state index is 0.0534. The minimum absolute atomic E-state index is 0.0534. The first-order valence-corrected chi connectivity index (χ1v) is 10.7. The van der Waals surface area contributed by atoms with Crippen molar-refractivity contribution in [3.8, 4) is 0 Å². The number of rotatable bonds is 6. The zero-order chi connectivity index (χ0) is 19.5. The fourth-order valence-corrected chi connectivity index (χ4v) is 4.23. The molecule has 1 saturated carbocycles. The highest BCUT2D eigenvalue weighted by Crippen LogP contribution is 2.29.